The molecule has 1 aromatic heterocycles. The van der Waals surface area contributed by atoms with Gasteiger partial charge in [-0.1, -0.05) is 23.2 Å². The SMILES string of the molecule is O=C(NC(=S)Nc1ccc2oc(-c3ccc(Cl)cc3Cl)nc2c1)c1ccc2c(c1)OCO2. The molecule has 1 amide bonds. The molecular formula is C22H13Cl2N3O4S. The zero-order chi connectivity index (χ0) is 22.2. The highest BCUT2D eigenvalue weighted by molar-refractivity contribution is 7.80. The highest BCUT2D eigenvalue weighted by Gasteiger charge is 2.17. The molecule has 0 radical (unpaired) electrons. The van der Waals surface area contributed by atoms with Gasteiger partial charge >= 0.3 is 0 Å². The van der Waals surface area contributed by atoms with E-state index < -0.39 is 0 Å². The fourth-order valence-electron chi connectivity index (χ4n) is 3.16. The molecule has 7 nitrogen and oxygen atoms in total. The van der Waals surface area contributed by atoms with Gasteiger partial charge < -0.3 is 19.2 Å². The van der Waals surface area contributed by atoms with E-state index in [9.17, 15) is 4.79 Å². The fraction of sp³-hybridized carbons (Fsp3) is 0.0455. The molecule has 2 N–H and O–H groups in total. The minimum Gasteiger partial charge on any atom is -0.454 e. The molecule has 1 aliphatic rings. The van der Waals surface area contributed by atoms with Gasteiger partial charge in [0.1, 0.15) is 5.52 Å². The van der Waals surface area contributed by atoms with Crippen molar-refractivity contribution >= 4 is 63.2 Å². The van der Waals surface area contributed by atoms with Crippen LogP contribution < -0.4 is 20.1 Å². The lowest BCUT2D eigenvalue weighted by molar-refractivity contribution is 0.0977. The van der Waals surface area contributed by atoms with Gasteiger partial charge in [0, 0.05) is 16.3 Å². The summed E-state index contributed by atoms with van der Waals surface area (Å²) in [7, 11) is 0. The number of anilines is 1. The van der Waals surface area contributed by atoms with Crippen LogP contribution in [0, 0.1) is 0 Å². The second-order valence-electron chi connectivity index (χ2n) is 6.80. The molecule has 0 fully saturated rings. The number of thiocarbonyl (C=S) groups is 1. The molecule has 0 saturated carbocycles. The predicted molar refractivity (Wildman–Crippen MR) is 126 cm³/mol. The third-order valence-corrected chi connectivity index (χ3v) is 5.42. The number of benzene rings is 3. The Hall–Kier alpha value is -3.33. The lowest BCUT2D eigenvalue weighted by atomic mass is 10.2. The van der Waals surface area contributed by atoms with Crippen LogP contribution in [0.1, 0.15) is 10.4 Å². The van der Waals surface area contributed by atoms with E-state index in [1.165, 1.54) is 0 Å². The molecule has 0 unspecified atom stereocenters. The monoisotopic (exact) mass is 485 g/mol. The zero-order valence-electron chi connectivity index (χ0n) is 16.1. The summed E-state index contributed by atoms with van der Waals surface area (Å²) in [6.07, 6.45) is 0. The lowest BCUT2D eigenvalue weighted by Crippen LogP contribution is -2.34. The van der Waals surface area contributed by atoms with Gasteiger partial charge in [-0.15, -0.1) is 0 Å². The number of aromatic nitrogens is 1. The predicted octanol–water partition coefficient (Wildman–Crippen LogP) is 5.66. The van der Waals surface area contributed by atoms with Crippen LogP contribution in [0.5, 0.6) is 11.5 Å². The number of rotatable bonds is 3. The Kier molecular flexibility index (Phi) is 5.34. The van der Waals surface area contributed by atoms with Crippen molar-refractivity contribution in [2.45, 2.75) is 0 Å². The first kappa shape index (κ1) is 20.6. The summed E-state index contributed by atoms with van der Waals surface area (Å²) >= 11 is 17.5. The summed E-state index contributed by atoms with van der Waals surface area (Å²) in [5, 5.41) is 6.71. The maximum atomic E-state index is 12.5. The first-order chi connectivity index (χ1) is 15.5. The van der Waals surface area contributed by atoms with Gasteiger partial charge in [-0.3, -0.25) is 10.1 Å². The van der Waals surface area contributed by atoms with E-state index in [0.29, 0.717) is 55.3 Å². The van der Waals surface area contributed by atoms with Crippen molar-refractivity contribution in [2.75, 3.05) is 12.1 Å². The number of oxazole rings is 1. The van der Waals surface area contributed by atoms with Crippen molar-refractivity contribution in [1.29, 1.82) is 0 Å². The Morgan fingerprint density at radius 3 is 2.69 bits per heavy atom. The number of ether oxygens (including phenoxy) is 2. The molecular weight excluding hydrogens is 473 g/mol. The van der Waals surface area contributed by atoms with Gasteiger partial charge in [-0.05, 0) is 66.8 Å². The molecule has 5 rings (SSSR count). The molecule has 4 aromatic rings. The van der Waals surface area contributed by atoms with E-state index in [0.717, 1.165) is 0 Å². The van der Waals surface area contributed by atoms with Crippen LogP contribution in [0.2, 0.25) is 10.0 Å². The highest BCUT2D eigenvalue weighted by atomic mass is 35.5. The summed E-state index contributed by atoms with van der Waals surface area (Å²) in [5.74, 6) is 1.12. The first-order valence-corrected chi connectivity index (χ1v) is 10.5. The van der Waals surface area contributed by atoms with Crippen molar-refractivity contribution in [3.8, 4) is 23.0 Å². The number of nitrogens with one attached hydrogen (secondary N) is 2. The zero-order valence-corrected chi connectivity index (χ0v) is 18.5. The third kappa shape index (κ3) is 4.08. The van der Waals surface area contributed by atoms with Crippen LogP contribution in [0.25, 0.3) is 22.6 Å². The summed E-state index contributed by atoms with van der Waals surface area (Å²) in [6, 6.07) is 15.3. The summed E-state index contributed by atoms with van der Waals surface area (Å²) in [5.41, 5.74) is 2.84. The molecule has 1 aliphatic heterocycles. The van der Waals surface area contributed by atoms with Gasteiger partial charge in [-0.25, -0.2) is 4.98 Å². The molecule has 160 valence electrons. The maximum absolute atomic E-state index is 12.5. The van der Waals surface area contributed by atoms with E-state index in [-0.39, 0.29) is 17.8 Å². The molecule has 0 aliphatic carbocycles. The van der Waals surface area contributed by atoms with Gasteiger partial charge in [0.05, 0.1) is 10.6 Å². The molecule has 0 spiro atoms. The standard InChI is InChI=1S/C22H13Cl2N3O4S/c23-12-2-4-14(15(24)8-12)21-26-16-9-13(3-6-17(16)31-21)25-22(32)27-20(28)11-1-5-18-19(7-11)30-10-29-18/h1-9H,10H2,(H2,25,27,28,32). The highest BCUT2D eigenvalue weighted by Crippen LogP contribution is 2.33. The number of hydrogen-bond acceptors (Lipinski definition) is 6. The van der Waals surface area contributed by atoms with Crippen molar-refractivity contribution in [3.05, 3.63) is 70.2 Å². The van der Waals surface area contributed by atoms with Crippen LogP contribution >= 0.6 is 35.4 Å². The summed E-state index contributed by atoms with van der Waals surface area (Å²) < 4.78 is 16.4. The van der Waals surface area contributed by atoms with Gasteiger partial charge in [0.25, 0.3) is 5.91 Å². The number of amides is 1. The fourth-order valence-corrected chi connectivity index (χ4v) is 3.86. The summed E-state index contributed by atoms with van der Waals surface area (Å²) in [6.45, 7) is 0.136. The van der Waals surface area contributed by atoms with Crippen LogP contribution in [-0.4, -0.2) is 22.8 Å². The Morgan fingerprint density at radius 1 is 1.00 bits per heavy atom. The topological polar surface area (TPSA) is 85.6 Å². The molecule has 10 heteroatoms. The molecule has 0 bridgehead atoms. The number of halogens is 2. The van der Waals surface area contributed by atoms with Crippen LogP contribution in [0.4, 0.5) is 5.69 Å². The Balaban J connectivity index is 1.30. The largest absolute Gasteiger partial charge is 0.454 e. The van der Waals surface area contributed by atoms with Crippen LogP contribution in [0.3, 0.4) is 0 Å². The molecule has 2 heterocycles. The van der Waals surface area contributed by atoms with E-state index in [1.807, 2.05) is 0 Å². The average Bonchev–Trinajstić information content (AvgIpc) is 3.39. The van der Waals surface area contributed by atoms with Gasteiger partial charge in [-0.2, -0.15) is 0 Å². The van der Waals surface area contributed by atoms with Gasteiger partial charge in [0.2, 0.25) is 12.7 Å². The number of carbonyl (C=O) groups is 1. The maximum Gasteiger partial charge on any atom is 0.257 e. The quantitative estimate of drug-likeness (QED) is 0.362. The molecule has 0 saturated heterocycles. The minimum absolute atomic E-state index is 0.136. The number of carbonyl (C=O) groups excluding carboxylic acids is 1. The Bertz CT molecular complexity index is 1390. The third-order valence-electron chi connectivity index (χ3n) is 4.67. The average molecular weight is 486 g/mol. The van der Waals surface area contributed by atoms with Crippen molar-refractivity contribution in [3.63, 3.8) is 0 Å². The lowest BCUT2D eigenvalue weighted by Gasteiger charge is -2.09. The van der Waals surface area contributed by atoms with Crippen molar-refractivity contribution in [2.24, 2.45) is 0 Å². The molecule has 0 atom stereocenters. The minimum atomic E-state index is -0.372. The normalized spacial score (nSPS) is 12.1. The van der Waals surface area contributed by atoms with E-state index in [1.54, 1.807) is 54.6 Å². The number of nitrogens with zero attached hydrogens (tertiary/aromatic N) is 1. The summed E-state index contributed by atoms with van der Waals surface area (Å²) in [4.78, 5) is 17.0. The van der Waals surface area contributed by atoms with Crippen molar-refractivity contribution in [1.82, 2.24) is 10.3 Å². The van der Waals surface area contributed by atoms with Crippen molar-refractivity contribution < 1.29 is 18.7 Å². The van der Waals surface area contributed by atoms with Crippen LogP contribution in [-0.2, 0) is 0 Å². The van der Waals surface area contributed by atoms with E-state index in [2.05, 4.69) is 15.6 Å². The Morgan fingerprint density at radius 2 is 1.84 bits per heavy atom. The smallest absolute Gasteiger partial charge is 0.257 e. The first-order valence-electron chi connectivity index (χ1n) is 9.34. The van der Waals surface area contributed by atoms with E-state index in [4.69, 9.17) is 49.3 Å². The van der Waals surface area contributed by atoms with E-state index >= 15 is 0 Å². The number of hydrogen-bond donors (Lipinski definition) is 2. The molecule has 3 aromatic carbocycles. The Labute approximate surface area is 197 Å². The second-order valence-corrected chi connectivity index (χ2v) is 8.05. The second kappa shape index (κ2) is 8.31. The number of fused-ring (bicyclic) bond motifs is 2. The van der Waals surface area contributed by atoms with Crippen LogP contribution in [0.15, 0.2) is 59.0 Å². The molecule has 32 heavy (non-hydrogen) atoms. The van der Waals surface area contributed by atoms with Gasteiger partial charge in [0.15, 0.2) is 22.2 Å².